The Kier molecular flexibility index (Phi) is 7.21. The van der Waals surface area contributed by atoms with Gasteiger partial charge in [0.2, 0.25) is 0 Å². The molecule has 0 radical (unpaired) electrons. The van der Waals surface area contributed by atoms with Gasteiger partial charge in [-0.3, -0.25) is 0 Å². The highest BCUT2D eigenvalue weighted by Gasteiger charge is 2.09. The first kappa shape index (κ1) is 13.5. The summed E-state index contributed by atoms with van der Waals surface area (Å²) in [5, 5.41) is 2.90. The van der Waals surface area contributed by atoms with E-state index in [0.29, 0.717) is 13.2 Å². The van der Waals surface area contributed by atoms with E-state index >= 15 is 0 Å². The maximum Gasteiger partial charge on any atom is 0.191 e. The molecule has 0 saturated carbocycles. The molecule has 1 rings (SSSR count). The smallest absolute Gasteiger partial charge is 0.191 e. The van der Waals surface area contributed by atoms with Crippen molar-refractivity contribution in [2.45, 2.75) is 33.0 Å². The number of thiophene rings is 1. The SMILES string of the molecule is CCCCOC(COc1cccs1)OCC. The summed E-state index contributed by atoms with van der Waals surface area (Å²) in [6.07, 6.45) is 1.94. The van der Waals surface area contributed by atoms with Crippen LogP contribution in [0.15, 0.2) is 17.5 Å². The standard InChI is InChI=1S/C12H20O3S/c1-3-5-8-14-11(13-4-2)10-15-12-7-6-9-16-12/h6-7,9,11H,3-5,8,10H2,1-2H3. The third-order valence-electron chi connectivity index (χ3n) is 2.01. The Labute approximate surface area is 101 Å². The van der Waals surface area contributed by atoms with E-state index in [1.165, 1.54) is 0 Å². The van der Waals surface area contributed by atoms with Crippen LogP contribution < -0.4 is 4.74 Å². The van der Waals surface area contributed by atoms with Crippen molar-refractivity contribution in [2.24, 2.45) is 0 Å². The Morgan fingerprint density at radius 1 is 1.31 bits per heavy atom. The monoisotopic (exact) mass is 244 g/mol. The topological polar surface area (TPSA) is 27.7 Å². The number of unbranched alkanes of at least 4 members (excludes halogenated alkanes) is 1. The molecule has 0 fully saturated rings. The van der Waals surface area contributed by atoms with E-state index in [1.54, 1.807) is 11.3 Å². The van der Waals surface area contributed by atoms with Crippen molar-refractivity contribution < 1.29 is 14.2 Å². The largest absolute Gasteiger partial charge is 0.479 e. The van der Waals surface area contributed by atoms with Gasteiger partial charge in [-0.05, 0) is 30.9 Å². The summed E-state index contributed by atoms with van der Waals surface area (Å²) in [6.45, 7) is 5.93. The highest BCUT2D eigenvalue weighted by atomic mass is 32.1. The van der Waals surface area contributed by atoms with Crippen molar-refractivity contribution in [3.05, 3.63) is 17.5 Å². The summed E-state index contributed by atoms with van der Waals surface area (Å²) in [6, 6.07) is 3.91. The van der Waals surface area contributed by atoms with Gasteiger partial charge in [-0.15, -0.1) is 11.3 Å². The third kappa shape index (κ3) is 5.49. The average molecular weight is 244 g/mol. The first-order valence-electron chi connectivity index (χ1n) is 5.76. The quantitative estimate of drug-likeness (QED) is 0.493. The van der Waals surface area contributed by atoms with Crippen LogP contribution in [0.2, 0.25) is 0 Å². The molecular weight excluding hydrogens is 224 g/mol. The van der Waals surface area contributed by atoms with Crippen molar-refractivity contribution >= 4 is 11.3 Å². The van der Waals surface area contributed by atoms with Crippen LogP contribution in [0.4, 0.5) is 0 Å². The van der Waals surface area contributed by atoms with Crippen LogP contribution in [0.25, 0.3) is 0 Å². The van der Waals surface area contributed by atoms with Gasteiger partial charge in [0.25, 0.3) is 0 Å². The molecule has 1 unspecified atom stereocenters. The fourth-order valence-electron chi connectivity index (χ4n) is 1.19. The van der Waals surface area contributed by atoms with Gasteiger partial charge in [0.1, 0.15) is 6.61 Å². The molecule has 0 N–H and O–H groups in total. The summed E-state index contributed by atoms with van der Waals surface area (Å²) >= 11 is 1.58. The van der Waals surface area contributed by atoms with Crippen LogP contribution in [0.5, 0.6) is 5.06 Å². The second kappa shape index (κ2) is 8.56. The lowest BCUT2D eigenvalue weighted by Crippen LogP contribution is -2.25. The van der Waals surface area contributed by atoms with Crippen LogP contribution in [0.3, 0.4) is 0 Å². The van der Waals surface area contributed by atoms with Crippen LogP contribution >= 0.6 is 11.3 Å². The molecule has 0 aromatic carbocycles. The van der Waals surface area contributed by atoms with Gasteiger partial charge < -0.3 is 14.2 Å². The molecule has 0 amide bonds. The minimum Gasteiger partial charge on any atom is -0.479 e. The Balaban J connectivity index is 2.21. The van der Waals surface area contributed by atoms with E-state index in [2.05, 4.69) is 6.92 Å². The lowest BCUT2D eigenvalue weighted by Gasteiger charge is -2.17. The van der Waals surface area contributed by atoms with Crippen LogP contribution in [-0.2, 0) is 9.47 Å². The maximum atomic E-state index is 5.58. The Hall–Kier alpha value is -0.580. The minimum atomic E-state index is -0.251. The van der Waals surface area contributed by atoms with Crippen LogP contribution in [-0.4, -0.2) is 26.1 Å². The van der Waals surface area contributed by atoms with E-state index in [1.807, 2.05) is 24.4 Å². The highest BCUT2D eigenvalue weighted by Crippen LogP contribution is 2.18. The van der Waals surface area contributed by atoms with Gasteiger partial charge in [-0.1, -0.05) is 13.3 Å². The molecule has 1 atom stereocenters. The fraction of sp³-hybridized carbons (Fsp3) is 0.667. The number of ether oxygens (including phenoxy) is 3. The molecule has 1 aromatic heterocycles. The maximum absolute atomic E-state index is 5.58. The van der Waals surface area contributed by atoms with Gasteiger partial charge in [-0.2, -0.15) is 0 Å². The summed E-state index contributed by atoms with van der Waals surface area (Å²) in [4.78, 5) is 0. The van der Waals surface area contributed by atoms with Crippen molar-refractivity contribution in [2.75, 3.05) is 19.8 Å². The lowest BCUT2D eigenvalue weighted by atomic mass is 10.4. The van der Waals surface area contributed by atoms with Gasteiger partial charge in [0.15, 0.2) is 11.4 Å². The zero-order valence-corrected chi connectivity index (χ0v) is 10.8. The molecule has 16 heavy (non-hydrogen) atoms. The summed E-state index contributed by atoms with van der Waals surface area (Å²) in [5.74, 6) is 0. The highest BCUT2D eigenvalue weighted by molar-refractivity contribution is 7.11. The van der Waals surface area contributed by atoms with Gasteiger partial charge in [-0.25, -0.2) is 0 Å². The van der Waals surface area contributed by atoms with E-state index in [0.717, 1.165) is 24.5 Å². The Morgan fingerprint density at radius 2 is 2.19 bits per heavy atom. The van der Waals surface area contributed by atoms with Crippen LogP contribution in [0.1, 0.15) is 26.7 Å². The average Bonchev–Trinajstić information content (AvgIpc) is 2.79. The second-order valence-corrected chi connectivity index (χ2v) is 4.26. The molecule has 0 aliphatic heterocycles. The molecule has 1 heterocycles. The molecule has 92 valence electrons. The summed E-state index contributed by atoms with van der Waals surface area (Å²) in [5.41, 5.74) is 0. The molecule has 0 bridgehead atoms. The predicted octanol–water partition coefficient (Wildman–Crippen LogP) is 3.31. The Bertz CT molecular complexity index is 249. The minimum absolute atomic E-state index is 0.251. The molecular formula is C12H20O3S. The van der Waals surface area contributed by atoms with Crippen molar-refractivity contribution in [1.82, 2.24) is 0 Å². The fourth-order valence-corrected chi connectivity index (χ4v) is 1.77. The Morgan fingerprint density at radius 3 is 2.81 bits per heavy atom. The number of rotatable bonds is 9. The summed E-state index contributed by atoms with van der Waals surface area (Å²) < 4.78 is 16.6. The molecule has 4 heteroatoms. The molecule has 1 aromatic rings. The van der Waals surface area contributed by atoms with Crippen LogP contribution in [0, 0.1) is 0 Å². The lowest BCUT2D eigenvalue weighted by molar-refractivity contribution is -0.155. The molecule has 0 aliphatic rings. The van der Waals surface area contributed by atoms with Crippen molar-refractivity contribution in [3.8, 4) is 5.06 Å². The van der Waals surface area contributed by atoms with Gasteiger partial charge >= 0.3 is 0 Å². The number of hydrogen-bond acceptors (Lipinski definition) is 4. The predicted molar refractivity (Wildman–Crippen MR) is 66.1 cm³/mol. The second-order valence-electron chi connectivity index (χ2n) is 3.35. The van der Waals surface area contributed by atoms with Crippen molar-refractivity contribution in [1.29, 1.82) is 0 Å². The van der Waals surface area contributed by atoms with E-state index < -0.39 is 0 Å². The molecule has 3 nitrogen and oxygen atoms in total. The normalized spacial score (nSPS) is 12.6. The zero-order valence-electron chi connectivity index (χ0n) is 9.98. The van der Waals surface area contributed by atoms with E-state index in [9.17, 15) is 0 Å². The molecule has 0 aliphatic carbocycles. The first-order valence-corrected chi connectivity index (χ1v) is 6.64. The zero-order chi connectivity index (χ0) is 11.6. The van der Waals surface area contributed by atoms with Crippen molar-refractivity contribution in [3.63, 3.8) is 0 Å². The van der Waals surface area contributed by atoms with E-state index in [-0.39, 0.29) is 6.29 Å². The molecule has 0 spiro atoms. The summed E-state index contributed by atoms with van der Waals surface area (Å²) in [7, 11) is 0. The first-order chi connectivity index (χ1) is 7.86. The third-order valence-corrected chi connectivity index (χ3v) is 2.79. The van der Waals surface area contributed by atoms with Gasteiger partial charge in [0, 0.05) is 13.2 Å². The van der Waals surface area contributed by atoms with E-state index in [4.69, 9.17) is 14.2 Å². The number of hydrogen-bond donors (Lipinski definition) is 0. The van der Waals surface area contributed by atoms with Gasteiger partial charge in [0.05, 0.1) is 0 Å². The molecule has 0 saturated heterocycles.